The molecule has 0 spiro atoms. The van der Waals surface area contributed by atoms with Gasteiger partial charge in [0, 0.05) is 6.42 Å². The second-order valence-corrected chi connectivity index (χ2v) is 20.0. The van der Waals surface area contributed by atoms with Gasteiger partial charge < -0.3 is 45.8 Å². The van der Waals surface area contributed by atoms with E-state index in [0.717, 1.165) is 10.8 Å². The number of nitrogens with zero attached hydrogens (tertiary/aromatic N) is 2. The summed E-state index contributed by atoms with van der Waals surface area (Å²) in [5, 5.41) is 6.40. The minimum Gasteiger partial charge on any atom is -1.00 e. The topological polar surface area (TPSA) is 144 Å². The van der Waals surface area contributed by atoms with Crippen LogP contribution in [0.15, 0.2) is 43.0 Å². The molecule has 0 aliphatic carbocycles. The van der Waals surface area contributed by atoms with Crippen LogP contribution in [0.4, 0.5) is 4.11 Å². The predicted molar refractivity (Wildman–Crippen MR) is 134 cm³/mol. The normalized spacial score (nSPS) is 14.0. The average Bonchev–Trinajstić information content (AvgIpc) is 3.11. The lowest BCUT2D eigenvalue weighted by Gasteiger charge is -2.44. The molecule has 0 saturated heterocycles. The number of hydrogen-bond acceptors (Lipinski definition) is 3. The van der Waals surface area contributed by atoms with E-state index >= 15 is 4.11 Å². The molecule has 0 unspecified atom stereocenters. The van der Waals surface area contributed by atoms with Crippen LogP contribution >= 0.6 is 15.2 Å². The van der Waals surface area contributed by atoms with Gasteiger partial charge in [-0.05, 0) is 27.2 Å². The third kappa shape index (κ3) is 6.84. The fourth-order valence-corrected chi connectivity index (χ4v) is 11.5. The molecule has 0 saturated carbocycles. The first-order chi connectivity index (χ1) is 15.6. The Morgan fingerprint density at radius 1 is 0.944 bits per heavy atom. The summed E-state index contributed by atoms with van der Waals surface area (Å²) in [5.74, 6) is 0. The minimum atomic E-state index is -5.45. The van der Waals surface area contributed by atoms with Crippen molar-refractivity contribution in [2.24, 2.45) is 0 Å². The van der Waals surface area contributed by atoms with Gasteiger partial charge in [-0.15, -0.1) is 0 Å². The van der Waals surface area contributed by atoms with Crippen LogP contribution in [0.1, 0.15) is 59.9 Å². The highest BCUT2D eigenvalue weighted by atomic mass is 79.9. The summed E-state index contributed by atoms with van der Waals surface area (Å²) < 4.78 is 42.9. The Morgan fingerprint density at radius 2 is 1.42 bits per heavy atom. The minimum absolute atomic E-state index is 0. The maximum atomic E-state index is 16.5. The van der Waals surface area contributed by atoms with E-state index < -0.39 is 45.2 Å². The molecule has 5 N–H and O–H groups in total. The number of imidazole rings is 1. The summed E-state index contributed by atoms with van der Waals surface area (Å²) in [6, 6.07) is 7.58. The zero-order valence-electron chi connectivity index (χ0n) is 21.5. The molecule has 1 aromatic heterocycles. The molecule has 0 radical (unpaired) electrons. The average molecular weight is 631 g/mol. The second-order valence-electron chi connectivity index (χ2n) is 11.1. The Hall–Kier alpha value is -0.683. The molecule has 36 heavy (non-hydrogen) atoms. The van der Waals surface area contributed by atoms with E-state index in [-0.39, 0.29) is 29.9 Å². The zero-order valence-corrected chi connectivity index (χ0v) is 25.8. The van der Waals surface area contributed by atoms with Crippen molar-refractivity contribution >= 4 is 28.8 Å². The summed E-state index contributed by atoms with van der Waals surface area (Å²) in [4.78, 5) is 36.9. The molecule has 1 aromatic carbocycles. The molecule has 0 bridgehead atoms. The third-order valence-corrected chi connectivity index (χ3v) is 15.5. The Morgan fingerprint density at radius 3 is 1.83 bits per heavy atom. The summed E-state index contributed by atoms with van der Waals surface area (Å²) in [5.41, 5.74) is 0.966. The van der Waals surface area contributed by atoms with Crippen molar-refractivity contribution in [2.75, 3.05) is 0 Å². The van der Waals surface area contributed by atoms with Crippen molar-refractivity contribution in [3.8, 4) is 0 Å². The Bertz CT molecular complexity index is 1080. The van der Waals surface area contributed by atoms with Crippen LogP contribution in [-0.2, 0) is 22.2 Å². The van der Waals surface area contributed by atoms with Gasteiger partial charge in [0.05, 0.1) is 6.54 Å². The highest BCUT2D eigenvalue weighted by molar-refractivity contribution is 7.72. The van der Waals surface area contributed by atoms with E-state index in [1.54, 1.807) is 23.3 Å². The predicted octanol–water partition coefficient (Wildman–Crippen LogP) is 0.332. The molecule has 0 atom stereocenters. The number of rotatable bonds is 9. The first kappa shape index (κ1) is 33.3. The number of aliphatic hydroxyl groups is 1. The van der Waals surface area contributed by atoms with Crippen LogP contribution in [0.5, 0.6) is 0 Å². The van der Waals surface area contributed by atoms with Gasteiger partial charge in [-0.2, -0.15) is 0 Å². The van der Waals surface area contributed by atoms with Crippen molar-refractivity contribution in [3.05, 3.63) is 48.5 Å². The fourth-order valence-electron chi connectivity index (χ4n) is 4.67. The monoisotopic (exact) mass is 630 g/mol. The van der Waals surface area contributed by atoms with Gasteiger partial charge in [-0.25, -0.2) is 9.13 Å². The molecule has 2 rings (SSSR count). The van der Waals surface area contributed by atoms with Gasteiger partial charge in [0.2, 0.25) is 6.33 Å². The van der Waals surface area contributed by atoms with Gasteiger partial charge in [-0.3, -0.25) is 9.13 Å². The van der Waals surface area contributed by atoms with E-state index in [1.807, 2.05) is 70.4 Å². The van der Waals surface area contributed by atoms with Crippen molar-refractivity contribution < 1.29 is 59.5 Å². The molecule has 2 aromatic rings. The molecular formula is C22H38BrFN2O7P2Si. The molecular weight excluding hydrogens is 593 g/mol. The smallest absolute Gasteiger partial charge is 0.369 e. The summed E-state index contributed by atoms with van der Waals surface area (Å²) >= 11 is 0. The van der Waals surface area contributed by atoms with Crippen LogP contribution in [-0.4, -0.2) is 42.7 Å². The second kappa shape index (κ2) is 11.2. The summed E-state index contributed by atoms with van der Waals surface area (Å²) in [6.07, 6.45) is 4.39. The Balaban J connectivity index is 0.00000648. The summed E-state index contributed by atoms with van der Waals surface area (Å²) in [7, 11) is -14.2. The van der Waals surface area contributed by atoms with Crippen LogP contribution in [0, 0.1) is 0 Å². The van der Waals surface area contributed by atoms with Crippen LogP contribution in [0.25, 0.3) is 0 Å². The SMILES string of the molecule is CC(C)(C)[Si](F)(c1ccc(C[n+]2ccn(CCCC(O)(P(=O)(O)O)P(=O)(O)O)c2)cc1)C(C)(C)C.[Br-]. The number of hydrogen-bond donors (Lipinski definition) is 5. The maximum Gasteiger partial charge on any atom is 0.369 e. The molecule has 0 fully saturated rings. The van der Waals surface area contributed by atoms with Gasteiger partial charge in [0.25, 0.3) is 13.5 Å². The summed E-state index contributed by atoms with van der Waals surface area (Å²) in [6.45, 7) is 12.4. The standard InChI is InChI=1S/C22H37FN2O7P2Si.BrH/c1-20(2,3)35(23,21(4,5)6)19-10-8-18(9-11-19)16-25-15-14-24(17-25)13-7-12-22(26,33(27,28)29)34(30,31)32;/h8-11,14-15,17,26H,7,12-13,16H2,1-6H3,(H3-,27,28,29,30,31,32);1H. The van der Waals surface area contributed by atoms with Gasteiger partial charge in [0.1, 0.15) is 18.9 Å². The van der Waals surface area contributed by atoms with Crippen molar-refractivity contribution in [2.45, 2.75) is 82.6 Å². The zero-order chi connectivity index (χ0) is 27.1. The number of benzene rings is 1. The molecule has 206 valence electrons. The van der Waals surface area contributed by atoms with E-state index in [4.69, 9.17) is 0 Å². The number of halogens is 2. The quantitative estimate of drug-likeness (QED) is 0.116. The van der Waals surface area contributed by atoms with Gasteiger partial charge in [0.15, 0.2) is 0 Å². The lowest BCUT2D eigenvalue weighted by molar-refractivity contribution is -0.687. The fraction of sp³-hybridized carbons (Fsp3) is 0.591. The lowest BCUT2D eigenvalue weighted by Crippen LogP contribution is -3.00. The third-order valence-electron chi connectivity index (χ3n) is 6.39. The molecule has 9 nitrogen and oxygen atoms in total. The first-order valence-electron chi connectivity index (χ1n) is 11.3. The van der Waals surface area contributed by atoms with Crippen LogP contribution in [0.2, 0.25) is 10.1 Å². The maximum absolute atomic E-state index is 16.5. The van der Waals surface area contributed by atoms with Gasteiger partial charge >= 0.3 is 15.2 Å². The van der Waals surface area contributed by atoms with Crippen LogP contribution < -0.4 is 26.7 Å². The Kier molecular flexibility index (Phi) is 10.4. The lowest BCUT2D eigenvalue weighted by atomic mass is 10.2. The van der Waals surface area contributed by atoms with E-state index in [1.165, 1.54) is 0 Å². The van der Waals surface area contributed by atoms with E-state index in [0.29, 0.717) is 6.54 Å². The Labute approximate surface area is 223 Å². The molecule has 1 heterocycles. The highest BCUT2D eigenvalue weighted by Gasteiger charge is 2.59. The molecule has 0 aliphatic rings. The van der Waals surface area contributed by atoms with E-state index in [9.17, 15) is 33.8 Å². The molecule has 14 heteroatoms. The number of aryl methyl sites for hydroxylation is 1. The first-order valence-corrected chi connectivity index (χ1v) is 16.4. The number of aromatic nitrogens is 2. The highest BCUT2D eigenvalue weighted by Crippen LogP contribution is 2.69. The van der Waals surface area contributed by atoms with E-state index in [2.05, 4.69) is 0 Å². The van der Waals surface area contributed by atoms with Crippen molar-refractivity contribution in [3.63, 3.8) is 0 Å². The van der Waals surface area contributed by atoms with Crippen LogP contribution in [0.3, 0.4) is 0 Å². The van der Waals surface area contributed by atoms with Crippen molar-refractivity contribution in [1.29, 1.82) is 0 Å². The van der Waals surface area contributed by atoms with Crippen molar-refractivity contribution in [1.82, 2.24) is 4.57 Å². The van der Waals surface area contributed by atoms with Gasteiger partial charge in [-0.1, -0.05) is 65.8 Å². The molecule has 0 amide bonds. The largest absolute Gasteiger partial charge is 1.00 e. The molecule has 0 aliphatic heterocycles.